The summed E-state index contributed by atoms with van der Waals surface area (Å²) in [6.45, 7) is 0. The standard InChI is InChI=1S/C10H12N2O/c1-3-10(12-11)8-4-6-9(13-2)7-5-8/h1,4-7,10,12H,11H2,2H3. The number of nitrogens with two attached hydrogens (primary N) is 1. The van der Waals surface area contributed by atoms with Gasteiger partial charge in [0, 0.05) is 0 Å². The van der Waals surface area contributed by atoms with Crippen LogP contribution >= 0.6 is 0 Å². The topological polar surface area (TPSA) is 47.3 Å². The third-order valence-electron chi connectivity index (χ3n) is 1.78. The summed E-state index contributed by atoms with van der Waals surface area (Å²) in [5.74, 6) is 8.59. The van der Waals surface area contributed by atoms with E-state index in [1.54, 1.807) is 7.11 Å². The first kappa shape index (κ1) is 9.59. The molecule has 3 heteroatoms. The highest BCUT2D eigenvalue weighted by Gasteiger charge is 2.04. The van der Waals surface area contributed by atoms with Gasteiger partial charge in [-0.3, -0.25) is 5.84 Å². The van der Waals surface area contributed by atoms with E-state index in [9.17, 15) is 0 Å². The zero-order chi connectivity index (χ0) is 9.68. The Hall–Kier alpha value is -1.50. The maximum atomic E-state index is 5.26. The molecular formula is C10H12N2O. The molecule has 1 rings (SSSR count). The number of terminal acetylenes is 1. The molecule has 1 aromatic carbocycles. The molecule has 1 aromatic rings. The molecule has 1 atom stereocenters. The van der Waals surface area contributed by atoms with Crippen molar-refractivity contribution in [3.05, 3.63) is 29.8 Å². The zero-order valence-corrected chi connectivity index (χ0v) is 7.45. The van der Waals surface area contributed by atoms with Crippen molar-refractivity contribution in [1.29, 1.82) is 0 Å². The van der Waals surface area contributed by atoms with Crippen LogP contribution in [0.1, 0.15) is 11.6 Å². The molecule has 0 aliphatic heterocycles. The van der Waals surface area contributed by atoms with E-state index in [0.717, 1.165) is 11.3 Å². The highest BCUT2D eigenvalue weighted by Crippen LogP contribution is 2.16. The molecule has 0 bridgehead atoms. The number of hydrogen-bond donors (Lipinski definition) is 2. The Labute approximate surface area is 77.9 Å². The quantitative estimate of drug-likeness (QED) is 0.407. The molecule has 0 radical (unpaired) electrons. The van der Waals surface area contributed by atoms with E-state index < -0.39 is 0 Å². The van der Waals surface area contributed by atoms with Gasteiger partial charge < -0.3 is 4.74 Å². The Morgan fingerprint density at radius 2 is 2.08 bits per heavy atom. The van der Waals surface area contributed by atoms with Crippen LogP contribution < -0.4 is 16.0 Å². The minimum absolute atomic E-state index is 0.245. The summed E-state index contributed by atoms with van der Waals surface area (Å²) in [6, 6.07) is 7.20. The van der Waals surface area contributed by atoms with Crippen LogP contribution in [0, 0.1) is 12.3 Å². The van der Waals surface area contributed by atoms with Gasteiger partial charge in [-0.25, -0.2) is 5.43 Å². The monoisotopic (exact) mass is 176 g/mol. The van der Waals surface area contributed by atoms with E-state index in [-0.39, 0.29) is 6.04 Å². The van der Waals surface area contributed by atoms with Crippen LogP contribution in [0.15, 0.2) is 24.3 Å². The number of benzene rings is 1. The first-order valence-electron chi connectivity index (χ1n) is 3.88. The van der Waals surface area contributed by atoms with E-state index in [1.807, 2.05) is 24.3 Å². The molecule has 0 spiro atoms. The van der Waals surface area contributed by atoms with Crippen LogP contribution in [0.2, 0.25) is 0 Å². The normalized spacial score (nSPS) is 11.8. The fraction of sp³-hybridized carbons (Fsp3) is 0.200. The lowest BCUT2D eigenvalue weighted by molar-refractivity contribution is 0.414. The van der Waals surface area contributed by atoms with Crippen molar-refractivity contribution in [3.63, 3.8) is 0 Å². The fourth-order valence-electron chi connectivity index (χ4n) is 1.04. The number of rotatable bonds is 3. The van der Waals surface area contributed by atoms with Crippen molar-refractivity contribution in [2.24, 2.45) is 5.84 Å². The maximum absolute atomic E-state index is 5.26. The largest absolute Gasteiger partial charge is 0.497 e. The van der Waals surface area contributed by atoms with E-state index in [0.29, 0.717) is 0 Å². The van der Waals surface area contributed by atoms with Crippen molar-refractivity contribution in [2.75, 3.05) is 7.11 Å². The Morgan fingerprint density at radius 3 is 2.46 bits per heavy atom. The third-order valence-corrected chi connectivity index (χ3v) is 1.78. The molecule has 68 valence electrons. The Bertz CT molecular complexity index is 300. The molecule has 0 saturated heterocycles. The molecule has 0 heterocycles. The lowest BCUT2D eigenvalue weighted by Gasteiger charge is -2.09. The summed E-state index contributed by atoms with van der Waals surface area (Å²) in [7, 11) is 1.62. The first-order valence-corrected chi connectivity index (χ1v) is 3.88. The molecule has 0 aromatic heterocycles. The molecule has 0 saturated carbocycles. The summed E-state index contributed by atoms with van der Waals surface area (Å²) in [5, 5.41) is 0. The van der Waals surface area contributed by atoms with Gasteiger partial charge in [0.2, 0.25) is 0 Å². The van der Waals surface area contributed by atoms with Gasteiger partial charge in [-0.2, -0.15) is 0 Å². The highest BCUT2D eigenvalue weighted by molar-refractivity contribution is 5.32. The van der Waals surface area contributed by atoms with Gasteiger partial charge in [-0.05, 0) is 17.7 Å². The number of methoxy groups -OCH3 is 1. The van der Waals surface area contributed by atoms with Gasteiger partial charge in [-0.1, -0.05) is 18.1 Å². The molecular weight excluding hydrogens is 164 g/mol. The van der Waals surface area contributed by atoms with Crippen LogP contribution in [0.3, 0.4) is 0 Å². The van der Waals surface area contributed by atoms with Crippen molar-refractivity contribution in [2.45, 2.75) is 6.04 Å². The predicted molar refractivity (Wildman–Crippen MR) is 51.9 cm³/mol. The molecule has 13 heavy (non-hydrogen) atoms. The van der Waals surface area contributed by atoms with Crippen molar-refractivity contribution < 1.29 is 4.74 Å². The zero-order valence-electron chi connectivity index (χ0n) is 7.45. The average molecular weight is 176 g/mol. The summed E-state index contributed by atoms with van der Waals surface area (Å²) < 4.78 is 5.01. The summed E-state index contributed by atoms with van der Waals surface area (Å²) >= 11 is 0. The third kappa shape index (κ3) is 2.22. The van der Waals surface area contributed by atoms with Gasteiger partial charge in [-0.15, -0.1) is 6.42 Å². The molecule has 0 fully saturated rings. The summed E-state index contributed by atoms with van der Waals surface area (Å²) in [4.78, 5) is 0. The van der Waals surface area contributed by atoms with E-state index in [1.165, 1.54) is 0 Å². The molecule has 1 unspecified atom stereocenters. The minimum atomic E-state index is -0.245. The van der Waals surface area contributed by atoms with Crippen LogP contribution in [-0.4, -0.2) is 7.11 Å². The smallest absolute Gasteiger partial charge is 0.118 e. The first-order chi connectivity index (χ1) is 6.31. The van der Waals surface area contributed by atoms with Gasteiger partial charge >= 0.3 is 0 Å². The van der Waals surface area contributed by atoms with Crippen molar-refractivity contribution in [3.8, 4) is 18.1 Å². The Balaban J connectivity index is 2.86. The fourth-order valence-corrected chi connectivity index (χ4v) is 1.04. The number of nitrogens with one attached hydrogen (secondary N) is 1. The second kappa shape index (κ2) is 4.51. The molecule has 0 aliphatic rings. The molecule has 0 aliphatic carbocycles. The van der Waals surface area contributed by atoms with Crippen LogP contribution in [0.4, 0.5) is 0 Å². The maximum Gasteiger partial charge on any atom is 0.118 e. The second-order valence-electron chi connectivity index (χ2n) is 2.54. The van der Waals surface area contributed by atoms with E-state index >= 15 is 0 Å². The van der Waals surface area contributed by atoms with Crippen molar-refractivity contribution in [1.82, 2.24) is 5.43 Å². The Kier molecular flexibility index (Phi) is 3.32. The molecule has 0 amide bonds. The van der Waals surface area contributed by atoms with Gasteiger partial charge in [0.15, 0.2) is 0 Å². The van der Waals surface area contributed by atoms with Crippen molar-refractivity contribution >= 4 is 0 Å². The van der Waals surface area contributed by atoms with E-state index in [2.05, 4.69) is 11.3 Å². The second-order valence-corrected chi connectivity index (χ2v) is 2.54. The van der Waals surface area contributed by atoms with Gasteiger partial charge in [0.25, 0.3) is 0 Å². The van der Waals surface area contributed by atoms with Gasteiger partial charge in [0.05, 0.1) is 7.11 Å². The molecule has 3 N–H and O–H groups in total. The summed E-state index contributed by atoms with van der Waals surface area (Å²) in [6.07, 6.45) is 5.26. The number of hydrogen-bond acceptors (Lipinski definition) is 3. The summed E-state index contributed by atoms with van der Waals surface area (Å²) in [5.41, 5.74) is 3.48. The number of ether oxygens (including phenoxy) is 1. The Morgan fingerprint density at radius 1 is 1.46 bits per heavy atom. The van der Waals surface area contributed by atoms with Gasteiger partial charge in [0.1, 0.15) is 11.8 Å². The van der Waals surface area contributed by atoms with Crippen LogP contribution in [0.5, 0.6) is 5.75 Å². The van der Waals surface area contributed by atoms with Crippen LogP contribution in [-0.2, 0) is 0 Å². The van der Waals surface area contributed by atoms with Crippen LogP contribution in [0.25, 0.3) is 0 Å². The minimum Gasteiger partial charge on any atom is -0.497 e. The molecule has 3 nitrogen and oxygen atoms in total. The average Bonchev–Trinajstić information content (AvgIpc) is 2.21. The highest BCUT2D eigenvalue weighted by atomic mass is 16.5. The SMILES string of the molecule is C#CC(NN)c1ccc(OC)cc1. The number of hydrazine groups is 1. The predicted octanol–water partition coefficient (Wildman–Crippen LogP) is 0.833. The lowest BCUT2D eigenvalue weighted by atomic mass is 10.1. The lowest BCUT2D eigenvalue weighted by Crippen LogP contribution is -2.26. The van der Waals surface area contributed by atoms with E-state index in [4.69, 9.17) is 17.0 Å².